The predicted molar refractivity (Wildman–Crippen MR) is 97.2 cm³/mol. The third kappa shape index (κ3) is 5.05. The number of thioether (sulfide) groups is 1. The highest BCUT2D eigenvalue weighted by atomic mass is 32.2. The van der Waals surface area contributed by atoms with Crippen molar-refractivity contribution in [3.8, 4) is 11.3 Å². The zero-order valence-electron chi connectivity index (χ0n) is 14.3. The zero-order chi connectivity index (χ0) is 16.8. The smallest absolute Gasteiger partial charge is 0.146 e. The Labute approximate surface area is 142 Å². The quantitative estimate of drug-likeness (QED) is 0.711. The Kier molecular flexibility index (Phi) is 6.60. The van der Waals surface area contributed by atoms with Crippen LogP contribution in [0.1, 0.15) is 33.4 Å². The molecule has 0 saturated heterocycles. The Hall–Kier alpha value is -1.39. The van der Waals surface area contributed by atoms with Crippen LogP contribution in [-0.2, 0) is 6.54 Å². The summed E-state index contributed by atoms with van der Waals surface area (Å²) in [5, 5.41) is 3.34. The lowest BCUT2D eigenvalue weighted by atomic mass is 10.1. The number of nitrogens with zero attached hydrogens (tertiary/aromatic N) is 1. The molecule has 0 spiro atoms. The standard InChI is InChI=1S/C19H25FN2S/c1-5-23-16-8-6-7-15(11-16)18-10-9-17(20)19(22-18)12-21-14(4)13(2)3/h6-11,13-14,21H,5,12H2,1-4H3/t14-/m1/s1. The van der Waals surface area contributed by atoms with E-state index in [1.165, 1.54) is 11.0 Å². The molecule has 0 aliphatic rings. The summed E-state index contributed by atoms with van der Waals surface area (Å²) in [5.41, 5.74) is 2.32. The van der Waals surface area contributed by atoms with Crippen molar-refractivity contribution < 1.29 is 4.39 Å². The Morgan fingerprint density at radius 2 is 1.96 bits per heavy atom. The van der Waals surface area contributed by atoms with Crippen molar-refractivity contribution in [3.63, 3.8) is 0 Å². The van der Waals surface area contributed by atoms with E-state index in [9.17, 15) is 4.39 Å². The molecule has 1 heterocycles. The first-order valence-corrected chi connectivity index (χ1v) is 9.11. The molecule has 0 saturated carbocycles. The fourth-order valence-corrected chi connectivity index (χ4v) is 2.89. The minimum Gasteiger partial charge on any atom is -0.308 e. The van der Waals surface area contributed by atoms with Crippen LogP contribution < -0.4 is 5.32 Å². The van der Waals surface area contributed by atoms with Crippen LogP contribution in [-0.4, -0.2) is 16.8 Å². The van der Waals surface area contributed by atoms with Gasteiger partial charge in [0.1, 0.15) is 5.82 Å². The summed E-state index contributed by atoms with van der Waals surface area (Å²) in [4.78, 5) is 5.74. The molecule has 23 heavy (non-hydrogen) atoms. The second-order valence-electron chi connectivity index (χ2n) is 6.00. The van der Waals surface area contributed by atoms with E-state index in [1.807, 2.05) is 12.1 Å². The van der Waals surface area contributed by atoms with Crippen molar-refractivity contribution in [1.29, 1.82) is 0 Å². The van der Waals surface area contributed by atoms with E-state index in [2.05, 4.69) is 50.1 Å². The van der Waals surface area contributed by atoms with Gasteiger partial charge in [0, 0.05) is 23.0 Å². The van der Waals surface area contributed by atoms with Gasteiger partial charge in [-0.25, -0.2) is 9.37 Å². The lowest BCUT2D eigenvalue weighted by Crippen LogP contribution is -2.30. The van der Waals surface area contributed by atoms with Crippen molar-refractivity contribution >= 4 is 11.8 Å². The molecule has 1 aromatic heterocycles. The number of halogens is 1. The second-order valence-corrected chi connectivity index (χ2v) is 7.34. The SMILES string of the molecule is CCSc1cccc(-c2ccc(F)c(CN[C@H](C)C(C)C)n2)c1. The highest BCUT2D eigenvalue weighted by Gasteiger charge is 2.11. The summed E-state index contributed by atoms with van der Waals surface area (Å²) >= 11 is 1.79. The van der Waals surface area contributed by atoms with E-state index in [0.717, 1.165) is 17.0 Å². The molecule has 2 aromatic rings. The van der Waals surface area contributed by atoms with Gasteiger partial charge in [-0.1, -0.05) is 32.9 Å². The van der Waals surface area contributed by atoms with Gasteiger partial charge in [-0.05, 0) is 42.9 Å². The number of pyridine rings is 1. The minimum absolute atomic E-state index is 0.253. The molecule has 0 aliphatic carbocycles. The van der Waals surface area contributed by atoms with E-state index in [1.54, 1.807) is 17.8 Å². The van der Waals surface area contributed by atoms with E-state index < -0.39 is 0 Å². The average molecular weight is 332 g/mol. The fourth-order valence-electron chi connectivity index (χ4n) is 2.17. The first kappa shape index (κ1) is 18.0. The van der Waals surface area contributed by atoms with Crippen LogP contribution in [0.3, 0.4) is 0 Å². The summed E-state index contributed by atoms with van der Waals surface area (Å²) < 4.78 is 14.0. The molecule has 1 atom stereocenters. The zero-order valence-corrected chi connectivity index (χ0v) is 15.1. The first-order chi connectivity index (χ1) is 11.0. The summed E-state index contributed by atoms with van der Waals surface area (Å²) in [6, 6.07) is 11.8. The lowest BCUT2D eigenvalue weighted by Gasteiger charge is -2.17. The summed E-state index contributed by atoms with van der Waals surface area (Å²) in [5.74, 6) is 1.28. The molecule has 0 aliphatic heterocycles. The van der Waals surface area contributed by atoms with Gasteiger partial charge in [0.25, 0.3) is 0 Å². The van der Waals surface area contributed by atoms with Crippen LogP contribution in [0.4, 0.5) is 4.39 Å². The normalized spacial score (nSPS) is 12.6. The molecule has 1 aromatic carbocycles. The monoisotopic (exact) mass is 332 g/mol. The molecule has 0 unspecified atom stereocenters. The first-order valence-electron chi connectivity index (χ1n) is 8.13. The number of benzene rings is 1. The van der Waals surface area contributed by atoms with Crippen LogP contribution in [0.2, 0.25) is 0 Å². The van der Waals surface area contributed by atoms with Crippen LogP contribution >= 0.6 is 11.8 Å². The second kappa shape index (κ2) is 8.46. The summed E-state index contributed by atoms with van der Waals surface area (Å²) in [6.07, 6.45) is 0. The summed E-state index contributed by atoms with van der Waals surface area (Å²) in [7, 11) is 0. The maximum Gasteiger partial charge on any atom is 0.146 e. The minimum atomic E-state index is -0.253. The van der Waals surface area contributed by atoms with Crippen molar-refractivity contribution in [1.82, 2.24) is 10.3 Å². The maximum absolute atomic E-state index is 14.0. The van der Waals surface area contributed by atoms with Gasteiger partial charge in [-0.3, -0.25) is 0 Å². The maximum atomic E-state index is 14.0. The predicted octanol–water partition coefficient (Wildman–Crippen LogP) is 5.13. The lowest BCUT2D eigenvalue weighted by molar-refractivity contribution is 0.418. The van der Waals surface area contributed by atoms with Gasteiger partial charge >= 0.3 is 0 Å². The third-order valence-corrected chi connectivity index (χ3v) is 4.83. The average Bonchev–Trinajstić information content (AvgIpc) is 2.54. The molecule has 4 heteroatoms. The number of nitrogens with one attached hydrogen (secondary N) is 1. The van der Waals surface area contributed by atoms with Crippen molar-refractivity contribution in [2.75, 3.05) is 5.75 Å². The Morgan fingerprint density at radius 3 is 2.65 bits per heavy atom. The molecular weight excluding hydrogens is 307 g/mol. The van der Waals surface area contributed by atoms with Gasteiger partial charge in [-0.2, -0.15) is 0 Å². The van der Waals surface area contributed by atoms with Gasteiger partial charge in [-0.15, -0.1) is 11.8 Å². The van der Waals surface area contributed by atoms with Crippen LogP contribution in [0.25, 0.3) is 11.3 Å². The molecule has 1 N–H and O–H groups in total. The van der Waals surface area contributed by atoms with E-state index in [0.29, 0.717) is 24.2 Å². The van der Waals surface area contributed by atoms with E-state index in [4.69, 9.17) is 0 Å². The third-order valence-electron chi connectivity index (χ3n) is 3.95. The number of hydrogen-bond acceptors (Lipinski definition) is 3. The molecule has 0 amide bonds. The largest absolute Gasteiger partial charge is 0.308 e. The van der Waals surface area contributed by atoms with Crippen LogP contribution in [0, 0.1) is 11.7 Å². The van der Waals surface area contributed by atoms with Gasteiger partial charge < -0.3 is 5.32 Å². The molecule has 0 bridgehead atoms. The molecule has 0 fully saturated rings. The number of rotatable bonds is 7. The van der Waals surface area contributed by atoms with Gasteiger partial charge in [0.2, 0.25) is 0 Å². The summed E-state index contributed by atoms with van der Waals surface area (Å²) in [6.45, 7) is 8.98. The van der Waals surface area contributed by atoms with Crippen molar-refractivity contribution in [2.24, 2.45) is 5.92 Å². The van der Waals surface area contributed by atoms with Gasteiger partial charge in [0.15, 0.2) is 0 Å². The van der Waals surface area contributed by atoms with Crippen LogP contribution in [0.5, 0.6) is 0 Å². The topological polar surface area (TPSA) is 24.9 Å². The van der Waals surface area contributed by atoms with Crippen molar-refractivity contribution in [2.45, 2.75) is 45.2 Å². The fraction of sp³-hybridized carbons (Fsp3) is 0.421. The number of hydrogen-bond donors (Lipinski definition) is 1. The molecule has 2 rings (SSSR count). The van der Waals surface area contributed by atoms with Gasteiger partial charge in [0.05, 0.1) is 11.4 Å². The molecule has 2 nitrogen and oxygen atoms in total. The highest BCUT2D eigenvalue weighted by Crippen LogP contribution is 2.25. The highest BCUT2D eigenvalue weighted by molar-refractivity contribution is 7.99. The Morgan fingerprint density at radius 1 is 1.17 bits per heavy atom. The Bertz CT molecular complexity index is 643. The van der Waals surface area contributed by atoms with E-state index >= 15 is 0 Å². The number of aromatic nitrogens is 1. The molecular formula is C19H25FN2S. The molecule has 124 valence electrons. The van der Waals surface area contributed by atoms with E-state index in [-0.39, 0.29) is 5.82 Å². The van der Waals surface area contributed by atoms with Crippen molar-refractivity contribution in [3.05, 3.63) is 47.9 Å². The Balaban J connectivity index is 2.21. The molecule has 0 radical (unpaired) electrons. The van der Waals surface area contributed by atoms with Crippen LogP contribution in [0.15, 0.2) is 41.3 Å².